The molecule has 0 unspecified atom stereocenters. The molecule has 4 N–H and O–H groups in total. The minimum absolute atomic E-state index is 0.703. The van der Waals surface area contributed by atoms with Crippen molar-refractivity contribution < 1.29 is 4.74 Å². The van der Waals surface area contributed by atoms with Crippen LogP contribution in [0.5, 0.6) is 0 Å². The molecule has 26 heavy (non-hydrogen) atoms. The van der Waals surface area contributed by atoms with Gasteiger partial charge in [0.25, 0.3) is 0 Å². The summed E-state index contributed by atoms with van der Waals surface area (Å²) >= 11 is 0. The second-order valence-corrected chi connectivity index (χ2v) is 6.28. The number of hydrogen-bond donors (Lipinski definition) is 2. The average Bonchev–Trinajstić information content (AvgIpc) is 2.68. The zero-order valence-corrected chi connectivity index (χ0v) is 15.3. The fraction of sp³-hybridized carbons (Fsp3) is 0.300. The monoisotopic (exact) mass is 351 g/mol. The largest absolute Gasteiger partial charge is 0.404 e. The van der Waals surface area contributed by atoms with Crippen molar-refractivity contribution in [3.05, 3.63) is 47.8 Å². The van der Waals surface area contributed by atoms with Crippen LogP contribution in [0.4, 0.5) is 11.5 Å². The molecule has 0 bridgehead atoms. The number of nitrogens with zero attached hydrogens (tertiary/aromatic N) is 3. The van der Waals surface area contributed by atoms with Gasteiger partial charge in [-0.1, -0.05) is 6.07 Å². The van der Waals surface area contributed by atoms with Crippen molar-refractivity contribution >= 4 is 23.3 Å². The van der Waals surface area contributed by atoms with Gasteiger partial charge in [0.2, 0.25) is 0 Å². The molecule has 2 heterocycles. The van der Waals surface area contributed by atoms with E-state index in [9.17, 15) is 0 Å². The molecule has 0 saturated carbocycles. The summed E-state index contributed by atoms with van der Waals surface area (Å²) in [7, 11) is 1.72. The molecule has 0 atom stereocenters. The highest BCUT2D eigenvalue weighted by Crippen LogP contribution is 2.30. The summed E-state index contributed by atoms with van der Waals surface area (Å²) in [6.07, 6.45) is 3.26. The molecule has 2 aromatic rings. The number of ether oxygens (including phenoxy) is 1. The zero-order chi connectivity index (χ0) is 18.5. The van der Waals surface area contributed by atoms with Crippen LogP contribution in [0.1, 0.15) is 11.3 Å². The number of aryl methyl sites for hydroxylation is 1. The van der Waals surface area contributed by atoms with Crippen LogP contribution in [-0.4, -0.2) is 44.5 Å². The SMILES string of the molecule is CN=CC(=CN)c1cc(-c2cc(N)ccc2C)cc(N2CCOCC2)n1. The lowest BCUT2D eigenvalue weighted by molar-refractivity contribution is 0.122. The first-order valence-corrected chi connectivity index (χ1v) is 8.68. The van der Waals surface area contributed by atoms with Gasteiger partial charge in [0.1, 0.15) is 5.82 Å². The molecule has 1 aliphatic rings. The standard InChI is InChI=1S/C20H25N5O/c1-14-3-4-17(22)11-18(14)15-9-19(16(12-21)13-23-2)24-20(10-15)25-5-7-26-8-6-25/h3-4,9-13H,5-8,21-22H2,1-2H3. The van der Waals surface area contributed by atoms with Crippen molar-refractivity contribution in [2.24, 2.45) is 10.7 Å². The lowest BCUT2D eigenvalue weighted by Crippen LogP contribution is -2.36. The van der Waals surface area contributed by atoms with Crippen molar-refractivity contribution in [3.63, 3.8) is 0 Å². The van der Waals surface area contributed by atoms with E-state index in [-0.39, 0.29) is 0 Å². The van der Waals surface area contributed by atoms with Gasteiger partial charge in [0.15, 0.2) is 0 Å². The summed E-state index contributed by atoms with van der Waals surface area (Å²) < 4.78 is 5.47. The number of allylic oxidation sites excluding steroid dienone is 1. The van der Waals surface area contributed by atoms with E-state index in [4.69, 9.17) is 21.2 Å². The second kappa shape index (κ2) is 8.01. The minimum atomic E-state index is 0.703. The maximum absolute atomic E-state index is 6.02. The second-order valence-electron chi connectivity index (χ2n) is 6.28. The lowest BCUT2D eigenvalue weighted by Gasteiger charge is -2.28. The van der Waals surface area contributed by atoms with Crippen molar-refractivity contribution in [2.45, 2.75) is 6.92 Å². The smallest absolute Gasteiger partial charge is 0.130 e. The van der Waals surface area contributed by atoms with Crippen LogP contribution in [0.3, 0.4) is 0 Å². The number of anilines is 2. The van der Waals surface area contributed by atoms with Gasteiger partial charge in [-0.2, -0.15) is 0 Å². The number of benzene rings is 1. The van der Waals surface area contributed by atoms with Crippen molar-refractivity contribution in [2.75, 3.05) is 44.0 Å². The number of morpholine rings is 1. The van der Waals surface area contributed by atoms with Crippen LogP contribution in [0, 0.1) is 6.92 Å². The molecular formula is C20H25N5O. The molecule has 1 aliphatic heterocycles. The maximum atomic E-state index is 6.02. The summed E-state index contributed by atoms with van der Waals surface area (Å²) in [6, 6.07) is 10.1. The first kappa shape index (κ1) is 17.9. The van der Waals surface area contributed by atoms with Gasteiger partial charge in [0.05, 0.1) is 18.9 Å². The number of nitrogens with two attached hydrogens (primary N) is 2. The fourth-order valence-corrected chi connectivity index (χ4v) is 3.06. The Labute approximate surface area is 154 Å². The Hall–Kier alpha value is -2.86. The minimum Gasteiger partial charge on any atom is -0.404 e. The highest BCUT2D eigenvalue weighted by atomic mass is 16.5. The Balaban J connectivity index is 2.15. The van der Waals surface area contributed by atoms with Gasteiger partial charge in [-0.25, -0.2) is 4.98 Å². The van der Waals surface area contributed by atoms with Crippen LogP contribution in [0.25, 0.3) is 16.7 Å². The Morgan fingerprint density at radius 1 is 1.23 bits per heavy atom. The van der Waals surface area contributed by atoms with Crippen LogP contribution >= 0.6 is 0 Å². The quantitative estimate of drug-likeness (QED) is 0.652. The highest BCUT2D eigenvalue weighted by molar-refractivity contribution is 6.09. The predicted octanol–water partition coefficient (Wildman–Crippen LogP) is 2.48. The third-order valence-electron chi connectivity index (χ3n) is 4.46. The van der Waals surface area contributed by atoms with E-state index < -0.39 is 0 Å². The van der Waals surface area contributed by atoms with Crippen LogP contribution in [0.15, 0.2) is 41.5 Å². The maximum Gasteiger partial charge on any atom is 0.130 e. The third-order valence-corrected chi connectivity index (χ3v) is 4.46. The molecule has 1 fully saturated rings. The molecule has 0 amide bonds. The molecule has 0 radical (unpaired) electrons. The zero-order valence-electron chi connectivity index (χ0n) is 15.3. The summed E-state index contributed by atoms with van der Waals surface area (Å²) in [5.41, 5.74) is 17.5. The number of aromatic nitrogens is 1. The van der Waals surface area contributed by atoms with E-state index in [0.29, 0.717) is 13.2 Å². The number of aliphatic imine (C=N–C) groups is 1. The molecule has 1 aromatic heterocycles. The van der Waals surface area contributed by atoms with Crippen molar-refractivity contribution in [1.29, 1.82) is 0 Å². The molecule has 6 nitrogen and oxygen atoms in total. The van der Waals surface area contributed by atoms with Crippen LogP contribution in [0.2, 0.25) is 0 Å². The Morgan fingerprint density at radius 2 is 2.00 bits per heavy atom. The van der Waals surface area contributed by atoms with E-state index in [1.807, 2.05) is 24.3 Å². The molecular weight excluding hydrogens is 326 g/mol. The number of nitrogen functional groups attached to an aromatic ring is 1. The summed E-state index contributed by atoms with van der Waals surface area (Å²) in [5.74, 6) is 0.909. The summed E-state index contributed by atoms with van der Waals surface area (Å²) in [4.78, 5) is 11.1. The average molecular weight is 351 g/mol. The molecule has 6 heteroatoms. The van der Waals surface area contributed by atoms with Gasteiger partial charge >= 0.3 is 0 Å². The highest BCUT2D eigenvalue weighted by Gasteiger charge is 2.16. The Kier molecular flexibility index (Phi) is 5.53. The van der Waals surface area contributed by atoms with Gasteiger partial charge in [0, 0.05) is 43.8 Å². The van der Waals surface area contributed by atoms with Crippen LogP contribution < -0.4 is 16.4 Å². The van der Waals surface area contributed by atoms with E-state index in [2.05, 4.69) is 22.9 Å². The lowest BCUT2D eigenvalue weighted by atomic mass is 9.98. The summed E-state index contributed by atoms with van der Waals surface area (Å²) in [6.45, 7) is 5.12. The topological polar surface area (TPSA) is 89.8 Å². The normalized spacial score (nSPS) is 15.6. The number of pyridine rings is 1. The molecule has 0 spiro atoms. The third kappa shape index (κ3) is 3.86. The molecule has 1 aromatic carbocycles. The summed E-state index contributed by atoms with van der Waals surface area (Å²) in [5, 5.41) is 0. The number of hydrogen-bond acceptors (Lipinski definition) is 6. The molecule has 0 aliphatic carbocycles. The van der Waals surface area contributed by atoms with Crippen molar-refractivity contribution in [3.8, 4) is 11.1 Å². The van der Waals surface area contributed by atoms with Gasteiger partial charge in [-0.05, 0) is 47.9 Å². The molecule has 136 valence electrons. The Morgan fingerprint density at radius 3 is 2.69 bits per heavy atom. The van der Waals surface area contributed by atoms with E-state index >= 15 is 0 Å². The van der Waals surface area contributed by atoms with E-state index in [1.54, 1.807) is 13.3 Å². The van der Waals surface area contributed by atoms with Crippen molar-refractivity contribution in [1.82, 2.24) is 4.98 Å². The molecule has 1 saturated heterocycles. The first-order valence-electron chi connectivity index (χ1n) is 8.68. The van der Waals surface area contributed by atoms with Crippen LogP contribution in [-0.2, 0) is 4.74 Å². The fourth-order valence-electron chi connectivity index (χ4n) is 3.06. The molecule has 3 rings (SSSR count). The predicted molar refractivity (Wildman–Crippen MR) is 108 cm³/mol. The van der Waals surface area contributed by atoms with Gasteiger partial charge in [-0.3, -0.25) is 4.99 Å². The number of rotatable bonds is 4. The van der Waals surface area contributed by atoms with Gasteiger partial charge < -0.3 is 21.1 Å². The van der Waals surface area contributed by atoms with Gasteiger partial charge in [-0.15, -0.1) is 0 Å². The van der Waals surface area contributed by atoms with E-state index in [1.165, 1.54) is 6.20 Å². The Bertz CT molecular complexity index is 838. The van der Waals surface area contributed by atoms with E-state index in [0.717, 1.165) is 52.6 Å². The first-order chi connectivity index (χ1) is 12.6.